The summed E-state index contributed by atoms with van der Waals surface area (Å²) < 4.78 is 30.0. The molecule has 3 aromatic rings. The van der Waals surface area contributed by atoms with Crippen LogP contribution in [0.1, 0.15) is 36.5 Å². The molecule has 0 aliphatic carbocycles. The number of oxime groups is 1. The molecule has 0 saturated carbocycles. The molecule has 0 aliphatic rings. The van der Waals surface area contributed by atoms with Crippen LogP contribution in [0.4, 0.5) is 0 Å². The molecule has 0 bridgehead atoms. The fourth-order valence-electron chi connectivity index (χ4n) is 2.83. The topological polar surface area (TPSA) is 55.7 Å². The highest BCUT2D eigenvalue weighted by Gasteiger charge is 2.18. The molecule has 27 heavy (non-hydrogen) atoms. The summed E-state index contributed by atoms with van der Waals surface area (Å²) >= 11 is 0. The molecular formula is C22H23NO3S. The van der Waals surface area contributed by atoms with E-state index in [4.69, 9.17) is 4.28 Å². The molecule has 0 fully saturated rings. The standard InChI is InChI=1S/C22H23NO3S/c1-15-9-10-20(13-16(15)2)17(3)18(4)23-26-27(24,25)22-12-11-19-7-5-6-8-21(19)14-22/h5-14,17H,1-4H3/b23-18+. The van der Waals surface area contributed by atoms with Gasteiger partial charge in [-0.25, -0.2) is 0 Å². The van der Waals surface area contributed by atoms with Crippen molar-refractivity contribution < 1.29 is 12.7 Å². The summed E-state index contributed by atoms with van der Waals surface area (Å²) in [4.78, 5) is 0.0941. The van der Waals surface area contributed by atoms with Crippen molar-refractivity contribution in [3.05, 3.63) is 77.4 Å². The summed E-state index contributed by atoms with van der Waals surface area (Å²) in [6.07, 6.45) is 0. The van der Waals surface area contributed by atoms with Crippen LogP contribution in [0, 0.1) is 13.8 Å². The number of benzene rings is 3. The van der Waals surface area contributed by atoms with Gasteiger partial charge in [0.25, 0.3) is 0 Å². The first kappa shape index (κ1) is 19.1. The maximum atomic E-state index is 12.5. The fraction of sp³-hybridized carbons (Fsp3) is 0.227. The van der Waals surface area contributed by atoms with Crippen molar-refractivity contribution in [3.63, 3.8) is 0 Å². The first-order chi connectivity index (χ1) is 12.8. The third-order valence-corrected chi connectivity index (χ3v) is 6.05. The average molecular weight is 381 g/mol. The van der Waals surface area contributed by atoms with Gasteiger partial charge in [0.2, 0.25) is 0 Å². The van der Waals surface area contributed by atoms with Crippen LogP contribution < -0.4 is 0 Å². The minimum atomic E-state index is -3.96. The maximum absolute atomic E-state index is 12.5. The van der Waals surface area contributed by atoms with Gasteiger partial charge in [0.05, 0.1) is 5.71 Å². The van der Waals surface area contributed by atoms with Crippen LogP contribution >= 0.6 is 0 Å². The van der Waals surface area contributed by atoms with E-state index in [-0.39, 0.29) is 10.8 Å². The predicted octanol–water partition coefficient (Wildman–Crippen LogP) is 5.34. The highest BCUT2D eigenvalue weighted by molar-refractivity contribution is 7.86. The lowest BCUT2D eigenvalue weighted by molar-refractivity contribution is 0.337. The zero-order chi connectivity index (χ0) is 19.6. The molecule has 0 aromatic heterocycles. The van der Waals surface area contributed by atoms with E-state index in [1.165, 1.54) is 17.2 Å². The summed E-state index contributed by atoms with van der Waals surface area (Å²) in [6, 6.07) is 18.7. The zero-order valence-electron chi connectivity index (χ0n) is 15.9. The third-order valence-electron chi connectivity index (χ3n) is 4.95. The molecule has 0 amide bonds. The van der Waals surface area contributed by atoms with Gasteiger partial charge in [0.15, 0.2) is 0 Å². The Labute approximate surface area is 160 Å². The monoisotopic (exact) mass is 381 g/mol. The first-order valence-electron chi connectivity index (χ1n) is 8.82. The summed E-state index contributed by atoms with van der Waals surface area (Å²) in [5.41, 5.74) is 4.08. The van der Waals surface area contributed by atoms with Gasteiger partial charge in [-0.2, -0.15) is 8.42 Å². The molecule has 3 rings (SSSR count). The minimum Gasteiger partial charge on any atom is -0.265 e. The number of aryl methyl sites for hydroxylation is 2. The molecule has 0 heterocycles. The lowest BCUT2D eigenvalue weighted by atomic mass is 9.94. The summed E-state index contributed by atoms with van der Waals surface area (Å²) in [5, 5.41) is 5.72. The highest BCUT2D eigenvalue weighted by atomic mass is 32.2. The highest BCUT2D eigenvalue weighted by Crippen LogP contribution is 2.23. The smallest absolute Gasteiger partial charge is 0.265 e. The average Bonchev–Trinajstić information content (AvgIpc) is 2.67. The Hall–Kier alpha value is -2.66. The van der Waals surface area contributed by atoms with Gasteiger partial charge >= 0.3 is 10.1 Å². The quantitative estimate of drug-likeness (QED) is 0.443. The van der Waals surface area contributed by atoms with Crippen LogP contribution in [-0.4, -0.2) is 14.1 Å². The molecule has 0 saturated heterocycles. The van der Waals surface area contributed by atoms with Crippen molar-refractivity contribution >= 4 is 26.6 Å². The Morgan fingerprint density at radius 3 is 2.33 bits per heavy atom. The van der Waals surface area contributed by atoms with E-state index in [1.54, 1.807) is 19.1 Å². The second kappa shape index (κ2) is 7.53. The normalized spacial score (nSPS) is 13.6. The van der Waals surface area contributed by atoms with Gasteiger partial charge in [-0.15, -0.1) is 0 Å². The Bertz CT molecular complexity index is 1120. The molecule has 1 atom stereocenters. The number of hydrogen-bond donors (Lipinski definition) is 0. The number of fused-ring (bicyclic) bond motifs is 1. The van der Waals surface area contributed by atoms with Gasteiger partial charge in [-0.1, -0.05) is 60.6 Å². The molecule has 1 unspecified atom stereocenters. The second-order valence-electron chi connectivity index (χ2n) is 6.84. The van der Waals surface area contributed by atoms with E-state index >= 15 is 0 Å². The fourth-order valence-corrected chi connectivity index (χ4v) is 3.64. The maximum Gasteiger partial charge on any atom is 0.358 e. The van der Waals surface area contributed by atoms with Crippen LogP contribution in [0.25, 0.3) is 10.8 Å². The van der Waals surface area contributed by atoms with Gasteiger partial charge in [-0.3, -0.25) is 4.28 Å². The lowest BCUT2D eigenvalue weighted by Gasteiger charge is -2.13. The summed E-state index contributed by atoms with van der Waals surface area (Å²) in [6.45, 7) is 7.87. The molecule has 0 spiro atoms. The van der Waals surface area contributed by atoms with Crippen molar-refractivity contribution in [3.8, 4) is 0 Å². The molecule has 3 aromatic carbocycles. The van der Waals surface area contributed by atoms with E-state index in [0.29, 0.717) is 5.71 Å². The molecule has 0 radical (unpaired) electrons. The minimum absolute atomic E-state index is 0.0453. The molecule has 5 heteroatoms. The van der Waals surface area contributed by atoms with Gasteiger partial charge in [-0.05, 0) is 60.4 Å². The van der Waals surface area contributed by atoms with Crippen molar-refractivity contribution in [1.82, 2.24) is 0 Å². The first-order valence-corrected chi connectivity index (χ1v) is 10.2. The molecule has 0 N–H and O–H groups in total. The second-order valence-corrected chi connectivity index (χ2v) is 8.36. The van der Waals surface area contributed by atoms with E-state index in [0.717, 1.165) is 16.3 Å². The Morgan fingerprint density at radius 1 is 0.926 bits per heavy atom. The van der Waals surface area contributed by atoms with Crippen LogP contribution in [0.5, 0.6) is 0 Å². The molecule has 140 valence electrons. The van der Waals surface area contributed by atoms with Gasteiger partial charge in [0, 0.05) is 5.92 Å². The van der Waals surface area contributed by atoms with E-state index < -0.39 is 10.1 Å². The summed E-state index contributed by atoms with van der Waals surface area (Å²) in [5.74, 6) is -0.0453. The zero-order valence-corrected chi connectivity index (χ0v) is 16.7. The van der Waals surface area contributed by atoms with Crippen molar-refractivity contribution in [2.45, 2.75) is 38.5 Å². The van der Waals surface area contributed by atoms with Crippen LogP contribution in [0.3, 0.4) is 0 Å². The predicted molar refractivity (Wildman–Crippen MR) is 110 cm³/mol. The van der Waals surface area contributed by atoms with Gasteiger partial charge < -0.3 is 0 Å². The Kier molecular flexibility index (Phi) is 5.33. The molecule has 0 aliphatic heterocycles. The molecular weight excluding hydrogens is 358 g/mol. The number of rotatable bonds is 5. The largest absolute Gasteiger partial charge is 0.358 e. The summed E-state index contributed by atoms with van der Waals surface area (Å²) in [7, 11) is -3.96. The third kappa shape index (κ3) is 4.19. The van der Waals surface area contributed by atoms with E-state index in [1.807, 2.05) is 37.3 Å². The van der Waals surface area contributed by atoms with Crippen molar-refractivity contribution in [2.75, 3.05) is 0 Å². The van der Waals surface area contributed by atoms with Crippen molar-refractivity contribution in [1.29, 1.82) is 0 Å². The number of nitrogens with zero attached hydrogens (tertiary/aromatic N) is 1. The van der Waals surface area contributed by atoms with Crippen LogP contribution in [0.2, 0.25) is 0 Å². The SMILES string of the molecule is C/C(=N\OS(=O)(=O)c1ccc2ccccc2c1)C(C)c1ccc(C)c(C)c1. The van der Waals surface area contributed by atoms with Crippen LogP contribution in [-0.2, 0) is 14.4 Å². The number of hydrogen-bond acceptors (Lipinski definition) is 4. The molecule has 4 nitrogen and oxygen atoms in total. The van der Waals surface area contributed by atoms with E-state index in [2.05, 4.69) is 31.1 Å². The van der Waals surface area contributed by atoms with Crippen LogP contribution in [0.15, 0.2) is 70.7 Å². The van der Waals surface area contributed by atoms with Gasteiger partial charge in [0.1, 0.15) is 4.90 Å². The lowest BCUT2D eigenvalue weighted by Crippen LogP contribution is -2.09. The van der Waals surface area contributed by atoms with Crippen molar-refractivity contribution in [2.24, 2.45) is 5.16 Å². The Balaban J connectivity index is 1.82. The van der Waals surface area contributed by atoms with E-state index in [9.17, 15) is 8.42 Å². The Morgan fingerprint density at radius 2 is 1.63 bits per heavy atom.